The SMILES string of the molecule is CN1CCc2c([nH]c3cc(Br)ccc23)C1. The number of H-pyrrole nitrogens is 1. The van der Waals surface area contributed by atoms with Crippen LogP contribution >= 0.6 is 15.9 Å². The van der Waals surface area contributed by atoms with Crippen LogP contribution in [0.3, 0.4) is 0 Å². The van der Waals surface area contributed by atoms with E-state index in [0.717, 1.165) is 24.0 Å². The number of aromatic amines is 1. The average Bonchev–Trinajstić information content (AvgIpc) is 2.53. The Morgan fingerprint density at radius 2 is 2.27 bits per heavy atom. The molecule has 1 aliphatic heterocycles. The minimum Gasteiger partial charge on any atom is -0.357 e. The molecule has 0 radical (unpaired) electrons. The summed E-state index contributed by atoms with van der Waals surface area (Å²) < 4.78 is 1.14. The van der Waals surface area contributed by atoms with Gasteiger partial charge in [-0.2, -0.15) is 0 Å². The number of nitrogens with zero attached hydrogens (tertiary/aromatic N) is 1. The van der Waals surface area contributed by atoms with Crippen LogP contribution in [-0.4, -0.2) is 23.5 Å². The molecule has 0 saturated heterocycles. The van der Waals surface area contributed by atoms with Gasteiger partial charge in [0.15, 0.2) is 0 Å². The van der Waals surface area contributed by atoms with Crippen molar-refractivity contribution >= 4 is 26.8 Å². The molecule has 1 aromatic carbocycles. The molecule has 0 bridgehead atoms. The normalized spacial score (nSPS) is 16.9. The maximum Gasteiger partial charge on any atom is 0.0470 e. The zero-order valence-corrected chi connectivity index (χ0v) is 10.3. The van der Waals surface area contributed by atoms with Gasteiger partial charge in [0.05, 0.1) is 0 Å². The molecule has 2 nitrogen and oxygen atoms in total. The van der Waals surface area contributed by atoms with Crippen LogP contribution in [0.5, 0.6) is 0 Å². The number of rotatable bonds is 0. The fourth-order valence-corrected chi connectivity index (χ4v) is 2.72. The van der Waals surface area contributed by atoms with Gasteiger partial charge < -0.3 is 9.88 Å². The Morgan fingerprint density at radius 3 is 3.13 bits per heavy atom. The number of benzene rings is 1. The van der Waals surface area contributed by atoms with Crippen molar-refractivity contribution in [3.8, 4) is 0 Å². The number of aromatic nitrogens is 1. The Bertz CT molecular complexity index is 516. The molecule has 1 N–H and O–H groups in total. The first-order valence-corrected chi connectivity index (χ1v) is 6.01. The van der Waals surface area contributed by atoms with E-state index < -0.39 is 0 Å². The van der Waals surface area contributed by atoms with Crippen LogP contribution in [-0.2, 0) is 13.0 Å². The van der Waals surface area contributed by atoms with Gasteiger partial charge in [-0.1, -0.05) is 22.0 Å². The highest BCUT2D eigenvalue weighted by atomic mass is 79.9. The smallest absolute Gasteiger partial charge is 0.0470 e. The fourth-order valence-electron chi connectivity index (χ4n) is 2.36. The topological polar surface area (TPSA) is 19.0 Å². The van der Waals surface area contributed by atoms with Gasteiger partial charge in [0.25, 0.3) is 0 Å². The molecule has 3 heteroatoms. The molecule has 0 aliphatic carbocycles. The quantitative estimate of drug-likeness (QED) is 0.776. The highest BCUT2D eigenvalue weighted by molar-refractivity contribution is 9.10. The van der Waals surface area contributed by atoms with Crippen LogP contribution in [0.15, 0.2) is 22.7 Å². The van der Waals surface area contributed by atoms with Gasteiger partial charge in [-0.3, -0.25) is 0 Å². The van der Waals surface area contributed by atoms with Gasteiger partial charge in [-0.05, 0) is 31.2 Å². The van der Waals surface area contributed by atoms with Crippen LogP contribution in [0.1, 0.15) is 11.3 Å². The minimum atomic E-state index is 1.04. The zero-order chi connectivity index (χ0) is 10.4. The molecule has 2 heterocycles. The minimum absolute atomic E-state index is 1.04. The third kappa shape index (κ3) is 1.50. The molecular formula is C12H13BrN2. The molecule has 0 fully saturated rings. The summed E-state index contributed by atoms with van der Waals surface area (Å²) in [6.07, 6.45) is 1.16. The van der Waals surface area contributed by atoms with Crippen molar-refractivity contribution in [3.63, 3.8) is 0 Å². The lowest BCUT2D eigenvalue weighted by molar-refractivity contribution is 0.310. The summed E-state index contributed by atoms with van der Waals surface area (Å²) in [5.74, 6) is 0. The summed E-state index contributed by atoms with van der Waals surface area (Å²) in [5.41, 5.74) is 4.15. The second-order valence-corrected chi connectivity index (χ2v) is 5.18. The summed E-state index contributed by atoms with van der Waals surface area (Å²) >= 11 is 3.51. The van der Waals surface area contributed by atoms with E-state index in [1.165, 1.54) is 22.2 Å². The third-order valence-corrected chi connectivity index (χ3v) is 3.62. The second-order valence-electron chi connectivity index (χ2n) is 4.26. The highest BCUT2D eigenvalue weighted by Crippen LogP contribution is 2.28. The van der Waals surface area contributed by atoms with Crippen molar-refractivity contribution in [1.82, 2.24) is 9.88 Å². The van der Waals surface area contributed by atoms with Crippen molar-refractivity contribution < 1.29 is 0 Å². The van der Waals surface area contributed by atoms with Crippen LogP contribution in [0.4, 0.5) is 0 Å². The van der Waals surface area contributed by atoms with Crippen LogP contribution in [0.25, 0.3) is 10.9 Å². The predicted molar refractivity (Wildman–Crippen MR) is 66.0 cm³/mol. The molecule has 0 amide bonds. The third-order valence-electron chi connectivity index (χ3n) is 3.13. The van der Waals surface area contributed by atoms with Crippen molar-refractivity contribution in [3.05, 3.63) is 33.9 Å². The summed E-state index contributed by atoms with van der Waals surface area (Å²) in [6, 6.07) is 6.49. The average molecular weight is 265 g/mol. The van der Waals surface area contributed by atoms with Gasteiger partial charge in [0, 0.05) is 34.2 Å². The summed E-state index contributed by atoms with van der Waals surface area (Å²) in [7, 11) is 2.17. The molecule has 1 aliphatic rings. The van der Waals surface area contributed by atoms with Gasteiger partial charge in [-0.25, -0.2) is 0 Å². The van der Waals surface area contributed by atoms with Crippen LogP contribution < -0.4 is 0 Å². The van der Waals surface area contributed by atoms with E-state index in [-0.39, 0.29) is 0 Å². The van der Waals surface area contributed by atoms with Crippen molar-refractivity contribution in [1.29, 1.82) is 0 Å². The number of fused-ring (bicyclic) bond motifs is 3. The van der Waals surface area contributed by atoms with E-state index in [1.54, 1.807) is 0 Å². The maximum absolute atomic E-state index is 3.52. The molecule has 0 saturated carbocycles. The fraction of sp³-hybridized carbons (Fsp3) is 0.333. The van der Waals surface area contributed by atoms with Gasteiger partial charge in [0.1, 0.15) is 0 Å². The summed E-state index contributed by atoms with van der Waals surface area (Å²) in [5, 5.41) is 1.39. The Balaban J connectivity index is 2.23. The first-order valence-electron chi connectivity index (χ1n) is 5.21. The first-order chi connectivity index (χ1) is 7.24. The standard InChI is InChI=1S/C12H13BrN2/c1-15-5-4-10-9-3-2-8(13)6-11(9)14-12(10)7-15/h2-3,6,14H,4-5,7H2,1H3. The summed E-state index contributed by atoms with van der Waals surface area (Å²) in [4.78, 5) is 5.87. The largest absolute Gasteiger partial charge is 0.357 e. The Morgan fingerprint density at radius 1 is 1.40 bits per heavy atom. The summed E-state index contributed by atoms with van der Waals surface area (Å²) in [6.45, 7) is 2.21. The van der Waals surface area contributed by atoms with Gasteiger partial charge in [-0.15, -0.1) is 0 Å². The molecule has 0 atom stereocenters. The molecular weight excluding hydrogens is 252 g/mol. The lowest BCUT2D eigenvalue weighted by Crippen LogP contribution is -2.26. The molecule has 2 aromatic rings. The van der Waals surface area contributed by atoms with E-state index in [1.807, 2.05) is 0 Å². The van der Waals surface area contributed by atoms with Crippen molar-refractivity contribution in [2.24, 2.45) is 0 Å². The number of nitrogens with one attached hydrogen (secondary N) is 1. The molecule has 1 aromatic heterocycles. The van der Waals surface area contributed by atoms with E-state index in [9.17, 15) is 0 Å². The zero-order valence-electron chi connectivity index (χ0n) is 8.68. The Labute approximate surface area is 97.4 Å². The molecule has 0 unspecified atom stereocenters. The predicted octanol–water partition coefficient (Wildman–Crippen LogP) is 2.92. The van der Waals surface area contributed by atoms with E-state index >= 15 is 0 Å². The molecule has 3 rings (SSSR count). The highest BCUT2D eigenvalue weighted by Gasteiger charge is 2.17. The number of hydrogen-bond donors (Lipinski definition) is 1. The van der Waals surface area contributed by atoms with Crippen molar-refractivity contribution in [2.75, 3.05) is 13.6 Å². The second kappa shape index (κ2) is 3.35. The molecule has 15 heavy (non-hydrogen) atoms. The molecule has 0 spiro atoms. The van der Waals surface area contributed by atoms with Crippen molar-refractivity contribution in [2.45, 2.75) is 13.0 Å². The lowest BCUT2D eigenvalue weighted by atomic mass is 10.0. The number of hydrogen-bond acceptors (Lipinski definition) is 1. The Hall–Kier alpha value is -0.800. The van der Waals surface area contributed by atoms with Gasteiger partial charge >= 0.3 is 0 Å². The lowest BCUT2D eigenvalue weighted by Gasteiger charge is -2.22. The van der Waals surface area contributed by atoms with Crippen LogP contribution in [0.2, 0.25) is 0 Å². The Kier molecular flexibility index (Phi) is 2.11. The van der Waals surface area contributed by atoms with Gasteiger partial charge in [0.2, 0.25) is 0 Å². The van der Waals surface area contributed by atoms with Crippen LogP contribution in [0, 0.1) is 0 Å². The monoisotopic (exact) mass is 264 g/mol. The first kappa shape index (κ1) is 9.43. The number of likely N-dealkylation sites (N-methyl/N-ethyl adjacent to an activating group) is 1. The molecule has 78 valence electrons. The van der Waals surface area contributed by atoms with E-state index in [0.29, 0.717) is 0 Å². The van der Waals surface area contributed by atoms with E-state index in [2.05, 4.69) is 51.1 Å². The van der Waals surface area contributed by atoms with E-state index in [4.69, 9.17) is 0 Å². The number of halogens is 1. The maximum atomic E-state index is 3.52.